The number of aliphatic carboxylic acids is 1. The van der Waals surface area contributed by atoms with Gasteiger partial charge in [-0.25, -0.2) is 9.59 Å². The van der Waals surface area contributed by atoms with E-state index in [1.807, 2.05) is 36.4 Å². The quantitative estimate of drug-likeness (QED) is 0.322. The standard InChI is InChI=1S/C27H26N2O7/c1-14(2)25(26(32)33)29-24(31)12-28-23(30)10-18-15(3)17-9-19-20(16-7-5-4-6-8-16)13-35-21(19)11-22(17)36-27(18)34/h4-9,11,13-14,25H,10,12H2,1-3H3,(H,28,30)(H,29,31)(H,32,33)/t25-/m1/s1. The third-order valence-electron chi connectivity index (χ3n) is 6.10. The number of carbonyl (C=O) groups is 3. The van der Waals surface area contributed by atoms with Crippen LogP contribution >= 0.6 is 0 Å². The second kappa shape index (κ2) is 10.1. The van der Waals surface area contributed by atoms with Crippen molar-refractivity contribution < 1.29 is 28.3 Å². The maximum absolute atomic E-state index is 12.7. The molecule has 0 fully saturated rings. The first-order valence-electron chi connectivity index (χ1n) is 11.5. The molecule has 4 rings (SSSR count). The Labute approximate surface area is 206 Å². The molecule has 9 heteroatoms. The van der Waals surface area contributed by atoms with Crippen LogP contribution in [0, 0.1) is 12.8 Å². The number of carboxylic acid groups (broad SMARTS) is 1. The Morgan fingerprint density at radius 2 is 1.72 bits per heavy atom. The molecule has 0 bridgehead atoms. The summed E-state index contributed by atoms with van der Waals surface area (Å²) in [6.45, 7) is 4.66. The van der Waals surface area contributed by atoms with Crippen LogP contribution in [0.2, 0.25) is 0 Å². The van der Waals surface area contributed by atoms with Gasteiger partial charge in [-0.3, -0.25) is 9.59 Å². The van der Waals surface area contributed by atoms with Crippen LogP contribution in [0.25, 0.3) is 33.1 Å². The maximum atomic E-state index is 12.7. The van der Waals surface area contributed by atoms with Crippen molar-refractivity contribution in [1.82, 2.24) is 10.6 Å². The summed E-state index contributed by atoms with van der Waals surface area (Å²) in [6, 6.07) is 12.2. The molecule has 4 aromatic rings. The molecule has 0 unspecified atom stereocenters. The predicted octanol–water partition coefficient (Wildman–Crippen LogP) is 3.40. The SMILES string of the molecule is Cc1c(CC(=O)NCC(=O)N[C@@H](C(=O)O)C(C)C)c(=O)oc2cc3occ(-c4ccccc4)c3cc12. The van der Waals surface area contributed by atoms with Crippen molar-refractivity contribution in [2.24, 2.45) is 5.92 Å². The van der Waals surface area contributed by atoms with E-state index in [4.69, 9.17) is 8.83 Å². The van der Waals surface area contributed by atoms with Gasteiger partial charge in [0, 0.05) is 22.4 Å². The van der Waals surface area contributed by atoms with Crippen LogP contribution < -0.4 is 16.3 Å². The molecule has 186 valence electrons. The van der Waals surface area contributed by atoms with E-state index in [-0.39, 0.29) is 17.9 Å². The normalized spacial score (nSPS) is 12.1. The predicted molar refractivity (Wildman–Crippen MR) is 134 cm³/mol. The van der Waals surface area contributed by atoms with Crippen molar-refractivity contribution in [1.29, 1.82) is 0 Å². The molecule has 2 heterocycles. The summed E-state index contributed by atoms with van der Waals surface area (Å²) >= 11 is 0. The van der Waals surface area contributed by atoms with Crippen molar-refractivity contribution >= 4 is 39.7 Å². The van der Waals surface area contributed by atoms with Crippen molar-refractivity contribution in [3.63, 3.8) is 0 Å². The highest BCUT2D eigenvalue weighted by atomic mass is 16.4. The van der Waals surface area contributed by atoms with Crippen LogP contribution in [0.4, 0.5) is 0 Å². The molecule has 0 aliphatic rings. The van der Waals surface area contributed by atoms with Gasteiger partial charge in [0.25, 0.3) is 0 Å². The van der Waals surface area contributed by atoms with Crippen molar-refractivity contribution in [3.8, 4) is 11.1 Å². The van der Waals surface area contributed by atoms with Gasteiger partial charge < -0.3 is 24.6 Å². The number of rotatable bonds is 8. The fourth-order valence-corrected chi connectivity index (χ4v) is 4.10. The van der Waals surface area contributed by atoms with Gasteiger partial charge in [-0.05, 0) is 30.0 Å². The van der Waals surface area contributed by atoms with Gasteiger partial charge in [0.1, 0.15) is 17.2 Å². The van der Waals surface area contributed by atoms with Gasteiger partial charge in [0.2, 0.25) is 11.8 Å². The molecule has 1 atom stereocenters. The molecule has 0 aliphatic carbocycles. The molecule has 0 spiro atoms. The Kier molecular flexibility index (Phi) is 6.91. The Bertz CT molecular complexity index is 1520. The number of fused-ring (bicyclic) bond motifs is 2. The largest absolute Gasteiger partial charge is 0.480 e. The van der Waals surface area contributed by atoms with Crippen LogP contribution in [0.5, 0.6) is 0 Å². The van der Waals surface area contributed by atoms with E-state index in [0.29, 0.717) is 22.1 Å². The number of amides is 2. The summed E-state index contributed by atoms with van der Waals surface area (Å²) < 4.78 is 11.2. The van der Waals surface area contributed by atoms with Crippen LogP contribution in [0.3, 0.4) is 0 Å². The molecule has 2 aromatic heterocycles. The van der Waals surface area contributed by atoms with Gasteiger partial charge in [-0.2, -0.15) is 0 Å². The summed E-state index contributed by atoms with van der Waals surface area (Å²) in [4.78, 5) is 48.5. The molecular weight excluding hydrogens is 464 g/mol. The van der Waals surface area contributed by atoms with E-state index in [9.17, 15) is 24.3 Å². The highest BCUT2D eigenvalue weighted by Gasteiger charge is 2.24. The monoisotopic (exact) mass is 490 g/mol. The Morgan fingerprint density at radius 1 is 1.00 bits per heavy atom. The first-order chi connectivity index (χ1) is 17.2. The molecule has 36 heavy (non-hydrogen) atoms. The summed E-state index contributed by atoms with van der Waals surface area (Å²) in [6.07, 6.45) is 1.36. The van der Waals surface area contributed by atoms with Crippen LogP contribution in [-0.2, 0) is 20.8 Å². The fraction of sp³-hybridized carbons (Fsp3) is 0.259. The van der Waals surface area contributed by atoms with Crippen molar-refractivity contribution in [2.45, 2.75) is 33.2 Å². The summed E-state index contributed by atoms with van der Waals surface area (Å²) in [5.74, 6) is -2.68. The van der Waals surface area contributed by atoms with Gasteiger partial charge in [0.05, 0.1) is 24.8 Å². The second-order valence-corrected chi connectivity index (χ2v) is 8.93. The van der Waals surface area contributed by atoms with E-state index < -0.39 is 36.0 Å². The number of hydrogen-bond acceptors (Lipinski definition) is 6. The molecule has 9 nitrogen and oxygen atoms in total. The van der Waals surface area contributed by atoms with E-state index >= 15 is 0 Å². The third-order valence-corrected chi connectivity index (χ3v) is 6.10. The zero-order valence-corrected chi connectivity index (χ0v) is 20.1. The van der Waals surface area contributed by atoms with Crippen LogP contribution in [0.15, 0.2) is 62.4 Å². The van der Waals surface area contributed by atoms with E-state index in [1.54, 1.807) is 33.1 Å². The number of carboxylic acids is 1. The molecular formula is C27H26N2O7. The average molecular weight is 491 g/mol. The number of nitrogens with one attached hydrogen (secondary N) is 2. The lowest BCUT2D eigenvalue weighted by Crippen LogP contribution is -2.48. The minimum absolute atomic E-state index is 0.176. The number of hydrogen-bond donors (Lipinski definition) is 3. The van der Waals surface area contributed by atoms with Crippen LogP contribution in [-0.4, -0.2) is 35.5 Å². The first kappa shape index (κ1) is 24.7. The third kappa shape index (κ3) is 5.00. The zero-order chi connectivity index (χ0) is 26.0. The Morgan fingerprint density at radius 3 is 2.39 bits per heavy atom. The van der Waals surface area contributed by atoms with Crippen molar-refractivity contribution in [3.05, 3.63) is 70.3 Å². The van der Waals surface area contributed by atoms with Gasteiger partial charge in [-0.1, -0.05) is 44.2 Å². The Hall–Kier alpha value is -4.40. The van der Waals surface area contributed by atoms with Crippen molar-refractivity contribution in [2.75, 3.05) is 6.54 Å². The van der Waals surface area contributed by atoms with Gasteiger partial charge in [-0.15, -0.1) is 0 Å². The van der Waals surface area contributed by atoms with E-state index in [1.165, 1.54) is 0 Å². The number of aryl methyl sites for hydroxylation is 1. The molecule has 0 saturated carbocycles. The summed E-state index contributed by atoms with van der Waals surface area (Å²) in [5.41, 5.74) is 2.90. The average Bonchev–Trinajstić information content (AvgIpc) is 3.25. The number of benzene rings is 2. The summed E-state index contributed by atoms with van der Waals surface area (Å²) in [5, 5.41) is 15.5. The minimum Gasteiger partial charge on any atom is -0.480 e. The minimum atomic E-state index is -1.16. The molecule has 2 aromatic carbocycles. The lowest BCUT2D eigenvalue weighted by Gasteiger charge is -2.18. The highest BCUT2D eigenvalue weighted by Crippen LogP contribution is 2.34. The smallest absolute Gasteiger partial charge is 0.340 e. The van der Waals surface area contributed by atoms with Gasteiger partial charge in [0.15, 0.2) is 0 Å². The molecule has 0 saturated heterocycles. The Balaban J connectivity index is 1.56. The van der Waals surface area contributed by atoms with Crippen LogP contribution in [0.1, 0.15) is 25.0 Å². The second-order valence-electron chi connectivity index (χ2n) is 8.93. The number of carbonyl (C=O) groups excluding carboxylic acids is 2. The zero-order valence-electron chi connectivity index (χ0n) is 20.1. The molecule has 3 N–H and O–H groups in total. The molecule has 0 radical (unpaired) electrons. The lowest BCUT2D eigenvalue weighted by atomic mass is 9.99. The summed E-state index contributed by atoms with van der Waals surface area (Å²) in [7, 11) is 0. The number of furan rings is 1. The van der Waals surface area contributed by atoms with Gasteiger partial charge >= 0.3 is 11.6 Å². The van der Waals surface area contributed by atoms with E-state index in [2.05, 4.69) is 10.6 Å². The lowest BCUT2D eigenvalue weighted by molar-refractivity contribution is -0.143. The fourth-order valence-electron chi connectivity index (χ4n) is 4.10. The maximum Gasteiger partial charge on any atom is 0.340 e. The van der Waals surface area contributed by atoms with E-state index in [0.717, 1.165) is 16.5 Å². The first-order valence-corrected chi connectivity index (χ1v) is 11.5. The topological polar surface area (TPSA) is 139 Å². The molecule has 2 amide bonds. The highest BCUT2D eigenvalue weighted by molar-refractivity contribution is 6.02. The molecule has 0 aliphatic heterocycles.